The number of fused-ring (bicyclic) bond motifs is 3. The predicted molar refractivity (Wildman–Crippen MR) is 332 cm³/mol. The molecular formula is C65H71N3O12S3. The number of aryl methyl sites for hydroxylation is 2. The van der Waals surface area contributed by atoms with Crippen LogP contribution in [0.4, 0.5) is 10.5 Å². The molecule has 0 heterocycles. The smallest absolute Gasteiger partial charge is 0.407 e. The molecular weight excluding hydrogens is 1110 g/mol. The molecule has 0 aromatic heterocycles. The molecule has 1 aliphatic rings. The summed E-state index contributed by atoms with van der Waals surface area (Å²) in [6, 6.07) is 40.4. The van der Waals surface area contributed by atoms with Crippen LogP contribution in [0.2, 0.25) is 0 Å². The molecule has 0 saturated heterocycles. The van der Waals surface area contributed by atoms with Crippen LogP contribution in [0.5, 0.6) is 23.0 Å². The van der Waals surface area contributed by atoms with Crippen LogP contribution in [-0.2, 0) is 48.1 Å². The van der Waals surface area contributed by atoms with Crippen molar-refractivity contribution in [3.05, 3.63) is 177 Å². The zero-order valence-electron chi connectivity index (χ0n) is 47.7. The Bertz CT molecular complexity index is 3310. The van der Waals surface area contributed by atoms with Gasteiger partial charge in [0.2, 0.25) is 17.6 Å². The number of methoxy groups -OCH3 is 3. The summed E-state index contributed by atoms with van der Waals surface area (Å²) in [6.07, 6.45) is 5.66. The fourth-order valence-corrected chi connectivity index (χ4v) is 12.5. The topological polar surface area (TPSA) is 194 Å². The maximum atomic E-state index is 13.5. The molecule has 1 aliphatic carbocycles. The minimum Gasteiger partial charge on any atom is -0.493 e. The number of thioether (sulfide) groups is 1. The van der Waals surface area contributed by atoms with E-state index in [-0.39, 0.29) is 36.9 Å². The Morgan fingerprint density at radius 2 is 1.37 bits per heavy atom. The second-order valence-electron chi connectivity index (χ2n) is 19.3. The highest BCUT2D eigenvalue weighted by molar-refractivity contribution is 8.76. The van der Waals surface area contributed by atoms with Gasteiger partial charge in [-0.15, -0.1) is 11.8 Å². The number of alkyl carbamates (subject to hydrolysis) is 1. The molecule has 83 heavy (non-hydrogen) atoms. The van der Waals surface area contributed by atoms with Gasteiger partial charge in [0.15, 0.2) is 16.9 Å². The molecule has 436 valence electrons. The molecule has 0 bridgehead atoms. The molecule has 6 aromatic carbocycles. The van der Waals surface area contributed by atoms with Crippen molar-refractivity contribution in [3.63, 3.8) is 0 Å². The Labute approximate surface area is 497 Å². The summed E-state index contributed by atoms with van der Waals surface area (Å²) in [5.74, 6) is 1.87. The van der Waals surface area contributed by atoms with E-state index >= 15 is 0 Å². The van der Waals surface area contributed by atoms with Gasteiger partial charge in [-0.25, -0.2) is 4.79 Å². The lowest BCUT2D eigenvalue weighted by molar-refractivity contribution is -0.143. The van der Waals surface area contributed by atoms with Gasteiger partial charge in [-0.2, -0.15) is 0 Å². The van der Waals surface area contributed by atoms with Crippen LogP contribution in [0, 0.1) is 0 Å². The maximum Gasteiger partial charge on any atom is 0.407 e. The van der Waals surface area contributed by atoms with Crippen molar-refractivity contribution in [2.45, 2.75) is 89.2 Å². The summed E-state index contributed by atoms with van der Waals surface area (Å²) in [5.41, 5.74) is 10.6. The van der Waals surface area contributed by atoms with Crippen molar-refractivity contribution in [3.8, 4) is 34.1 Å². The Hall–Kier alpha value is -7.67. The third-order valence-electron chi connectivity index (χ3n) is 13.7. The van der Waals surface area contributed by atoms with E-state index in [1.807, 2.05) is 42.7 Å². The Morgan fingerprint density at radius 1 is 0.687 bits per heavy atom. The number of hydrogen-bond acceptors (Lipinski definition) is 15. The standard InChI is InChI=1S/C65H71N3O12S3/c1-7-50(44-17-10-8-11-18-44)61(45-19-12-9-13-20-45)46-25-28-49(29-26-46)67-58(71)22-15-35-82-83-36-16-23-60(73)78-34-14-21-47-37-43(24-32-55(47)80-42(2)69)41-79-65(74)66-40-59(72)68-53-31-27-48-38-56(75-3)63(76-4)64(77-5)62(48)51-30-33-57(81-6)54(70)39-52(51)53/h8-13,17-20,24-26,28-30,32-33,37-39,53H,7,14-16,21-23,27,31,34-36,40-41H2,1-6H3,(H,66,74)(H,67,71)(H,68,72)/b61-50-/t53-/m0/s1. The van der Waals surface area contributed by atoms with E-state index in [0.29, 0.717) is 88.7 Å². The Kier molecular flexibility index (Phi) is 24.4. The lowest BCUT2D eigenvalue weighted by Gasteiger charge is -2.20. The van der Waals surface area contributed by atoms with Crippen LogP contribution < -0.4 is 40.3 Å². The normalized spacial score (nSPS) is 12.7. The summed E-state index contributed by atoms with van der Waals surface area (Å²) >= 11 is 1.32. The first-order valence-electron chi connectivity index (χ1n) is 27.5. The van der Waals surface area contributed by atoms with Crippen LogP contribution in [0.1, 0.15) is 104 Å². The molecule has 0 spiro atoms. The first kappa shape index (κ1) is 62.9. The average Bonchev–Trinajstić information content (AvgIpc) is 4.06. The van der Waals surface area contributed by atoms with Gasteiger partial charge in [0.05, 0.1) is 38.9 Å². The molecule has 7 rings (SSSR count). The largest absolute Gasteiger partial charge is 0.493 e. The number of rotatable bonds is 28. The molecule has 3 N–H and O–H groups in total. The lowest BCUT2D eigenvalue weighted by atomic mass is 9.88. The summed E-state index contributed by atoms with van der Waals surface area (Å²) in [4.78, 5) is 77.7. The third kappa shape index (κ3) is 17.9. The van der Waals surface area contributed by atoms with E-state index in [4.69, 9.17) is 28.4 Å². The number of esters is 2. The first-order valence-corrected chi connectivity index (χ1v) is 31.2. The number of carbonyl (C=O) groups excluding carboxylic acids is 5. The molecule has 0 unspecified atom stereocenters. The van der Waals surface area contributed by atoms with Crippen molar-refractivity contribution in [1.82, 2.24) is 10.6 Å². The molecule has 3 amide bonds. The average molecular weight is 1180 g/mol. The quantitative estimate of drug-likeness (QED) is 0.0105. The van der Waals surface area contributed by atoms with E-state index in [1.165, 1.54) is 49.6 Å². The van der Waals surface area contributed by atoms with Crippen molar-refractivity contribution in [1.29, 1.82) is 0 Å². The summed E-state index contributed by atoms with van der Waals surface area (Å²) in [5, 5.41) is 8.57. The van der Waals surface area contributed by atoms with Gasteiger partial charge >= 0.3 is 18.0 Å². The fraction of sp³-hybridized carbons (Fsp3) is 0.323. The zero-order valence-corrected chi connectivity index (χ0v) is 50.2. The molecule has 0 fully saturated rings. The van der Waals surface area contributed by atoms with Crippen LogP contribution in [0.15, 0.2) is 137 Å². The van der Waals surface area contributed by atoms with Gasteiger partial charge in [0.25, 0.3) is 0 Å². The van der Waals surface area contributed by atoms with E-state index < -0.39 is 30.6 Å². The SMILES string of the molecule is CC/C(=C(\c1ccccc1)c1ccc(NC(=O)CCCSSCCCC(=O)OCCCc2cc(COC(=O)NCC(=O)N[C@H]3CCc4cc(OC)c(OC)c(OC)c4-c4ccc(SC)c(=O)cc43)ccc2OC(C)=O)cc1)c1ccccc1. The van der Waals surface area contributed by atoms with Crippen molar-refractivity contribution < 1.29 is 52.4 Å². The van der Waals surface area contributed by atoms with Crippen LogP contribution in [0.3, 0.4) is 0 Å². The van der Waals surface area contributed by atoms with Gasteiger partial charge in [0.1, 0.15) is 18.9 Å². The first-order chi connectivity index (χ1) is 40.3. The second-order valence-corrected chi connectivity index (χ2v) is 22.9. The molecule has 0 aliphatic heterocycles. The molecule has 15 nitrogen and oxygen atoms in total. The highest BCUT2D eigenvalue weighted by Gasteiger charge is 2.30. The zero-order chi connectivity index (χ0) is 59.1. The lowest BCUT2D eigenvalue weighted by Crippen LogP contribution is -2.39. The third-order valence-corrected chi connectivity index (χ3v) is 17.0. The van der Waals surface area contributed by atoms with Gasteiger partial charge in [-0.3, -0.25) is 24.0 Å². The number of allylic oxidation sites excluding steroid dienone is 1. The van der Waals surface area contributed by atoms with Gasteiger partial charge in [-0.05, 0) is 149 Å². The van der Waals surface area contributed by atoms with E-state index in [9.17, 15) is 28.8 Å². The summed E-state index contributed by atoms with van der Waals surface area (Å²) in [7, 11) is 7.94. The van der Waals surface area contributed by atoms with Crippen LogP contribution in [-0.4, -0.2) is 82.1 Å². The number of carbonyl (C=O) groups is 5. The summed E-state index contributed by atoms with van der Waals surface area (Å²) < 4.78 is 33.6. The van der Waals surface area contributed by atoms with Gasteiger partial charge < -0.3 is 44.4 Å². The number of nitrogens with one attached hydrogen (secondary N) is 3. The number of ether oxygens (including phenoxy) is 6. The molecule has 18 heteroatoms. The molecule has 0 radical (unpaired) electrons. The van der Waals surface area contributed by atoms with Gasteiger partial charge in [-0.1, -0.05) is 113 Å². The molecule has 6 aromatic rings. The van der Waals surface area contributed by atoms with Crippen molar-refractivity contribution in [2.75, 3.05) is 57.6 Å². The number of anilines is 1. The van der Waals surface area contributed by atoms with E-state index in [1.54, 1.807) is 59.0 Å². The van der Waals surface area contributed by atoms with E-state index in [2.05, 4.69) is 83.5 Å². The number of amides is 3. The van der Waals surface area contributed by atoms with Crippen molar-refractivity contribution >= 4 is 80.0 Å². The molecule has 1 atom stereocenters. The Balaban J connectivity index is 0.799. The van der Waals surface area contributed by atoms with Crippen molar-refractivity contribution in [2.24, 2.45) is 0 Å². The highest BCUT2D eigenvalue weighted by Crippen LogP contribution is 2.50. The number of benzene rings is 5. The maximum absolute atomic E-state index is 13.5. The minimum atomic E-state index is -0.833. The highest BCUT2D eigenvalue weighted by atomic mass is 33.1. The number of hydrogen-bond donors (Lipinski definition) is 3. The predicted octanol–water partition coefficient (Wildman–Crippen LogP) is 12.8. The van der Waals surface area contributed by atoms with Crippen LogP contribution in [0.25, 0.3) is 22.3 Å². The molecule has 0 saturated carbocycles. The monoisotopic (exact) mass is 1180 g/mol. The summed E-state index contributed by atoms with van der Waals surface area (Å²) in [6.45, 7) is 3.09. The van der Waals surface area contributed by atoms with Gasteiger partial charge in [0, 0.05) is 42.5 Å². The van der Waals surface area contributed by atoms with E-state index in [0.717, 1.165) is 52.3 Å². The Morgan fingerprint density at radius 3 is 2.04 bits per heavy atom. The minimum absolute atomic E-state index is 0.0344. The van der Waals surface area contributed by atoms with Crippen LogP contribution >= 0.6 is 33.3 Å². The fourth-order valence-electron chi connectivity index (χ4n) is 9.82. The second kappa shape index (κ2) is 32.2.